The molecule has 0 saturated carbocycles. The number of para-hydroxylation sites is 1. The summed E-state index contributed by atoms with van der Waals surface area (Å²) < 4.78 is 3.37. The van der Waals surface area contributed by atoms with E-state index in [1.54, 1.807) is 4.90 Å². The Morgan fingerprint density at radius 1 is 0.906 bits per heavy atom. The van der Waals surface area contributed by atoms with Gasteiger partial charge >= 0.3 is 0 Å². The first kappa shape index (κ1) is 20.3. The number of hydrogen-bond acceptors (Lipinski definition) is 6. The Bertz CT molecular complexity index is 1080. The SMILES string of the molecule is O=C(Cn1cnnn1)N1CCN(C(=O)c2nn(-c3ccccc3)c3c2CCCCC3)CC1. The highest BCUT2D eigenvalue weighted by Gasteiger charge is 2.30. The van der Waals surface area contributed by atoms with Gasteiger partial charge in [0.05, 0.1) is 5.69 Å². The fourth-order valence-electron chi connectivity index (χ4n) is 4.53. The summed E-state index contributed by atoms with van der Waals surface area (Å²) in [4.78, 5) is 29.6. The average Bonchev–Trinajstić information content (AvgIpc) is 3.40. The summed E-state index contributed by atoms with van der Waals surface area (Å²) in [6.45, 7) is 2.08. The van der Waals surface area contributed by atoms with Crippen LogP contribution in [-0.2, 0) is 24.2 Å². The van der Waals surface area contributed by atoms with Gasteiger partial charge in [-0.2, -0.15) is 5.10 Å². The van der Waals surface area contributed by atoms with Crippen molar-refractivity contribution in [3.8, 4) is 5.69 Å². The molecule has 2 amide bonds. The van der Waals surface area contributed by atoms with Crippen LogP contribution >= 0.6 is 0 Å². The van der Waals surface area contributed by atoms with Crippen molar-refractivity contribution >= 4 is 11.8 Å². The fraction of sp³-hybridized carbons (Fsp3) is 0.455. The first-order valence-electron chi connectivity index (χ1n) is 11.1. The van der Waals surface area contributed by atoms with E-state index >= 15 is 0 Å². The van der Waals surface area contributed by atoms with Crippen LogP contribution in [0.1, 0.15) is 41.0 Å². The van der Waals surface area contributed by atoms with E-state index in [1.165, 1.54) is 17.4 Å². The van der Waals surface area contributed by atoms with Gasteiger partial charge in [-0.25, -0.2) is 9.36 Å². The van der Waals surface area contributed by atoms with Crippen molar-refractivity contribution in [3.05, 3.63) is 53.6 Å². The second-order valence-corrected chi connectivity index (χ2v) is 8.26. The zero-order valence-corrected chi connectivity index (χ0v) is 17.9. The topological polar surface area (TPSA) is 102 Å². The molecule has 0 radical (unpaired) electrons. The summed E-state index contributed by atoms with van der Waals surface area (Å²) in [6, 6.07) is 10.0. The molecule has 3 heterocycles. The van der Waals surface area contributed by atoms with Gasteiger partial charge in [0.2, 0.25) is 5.91 Å². The number of nitrogens with zero attached hydrogens (tertiary/aromatic N) is 8. The first-order chi connectivity index (χ1) is 15.7. The highest BCUT2D eigenvalue weighted by molar-refractivity contribution is 5.94. The lowest BCUT2D eigenvalue weighted by Gasteiger charge is -2.34. The van der Waals surface area contributed by atoms with Crippen molar-refractivity contribution in [2.24, 2.45) is 0 Å². The molecule has 166 valence electrons. The second-order valence-electron chi connectivity index (χ2n) is 8.26. The average molecular weight is 435 g/mol. The van der Waals surface area contributed by atoms with Crippen molar-refractivity contribution in [3.63, 3.8) is 0 Å². The number of carbonyl (C=O) groups is 2. The van der Waals surface area contributed by atoms with Gasteiger partial charge in [-0.3, -0.25) is 9.59 Å². The molecule has 32 heavy (non-hydrogen) atoms. The Hall–Kier alpha value is -3.56. The minimum absolute atomic E-state index is 0.0367. The molecule has 1 aliphatic heterocycles. The highest BCUT2D eigenvalue weighted by Crippen LogP contribution is 2.27. The first-order valence-corrected chi connectivity index (χ1v) is 11.1. The van der Waals surface area contributed by atoms with Gasteiger partial charge in [0, 0.05) is 37.4 Å². The lowest BCUT2D eigenvalue weighted by Crippen LogP contribution is -2.51. The molecule has 5 rings (SSSR count). The Labute approximate surface area is 185 Å². The van der Waals surface area contributed by atoms with Crippen molar-refractivity contribution in [1.29, 1.82) is 0 Å². The van der Waals surface area contributed by atoms with E-state index in [-0.39, 0.29) is 18.4 Å². The summed E-state index contributed by atoms with van der Waals surface area (Å²) in [7, 11) is 0. The second kappa shape index (κ2) is 8.89. The minimum Gasteiger partial charge on any atom is -0.338 e. The summed E-state index contributed by atoms with van der Waals surface area (Å²) in [5.41, 5.74) is 3.81. The molecule has 0 bridgehead atoms. The molecule has 1 saturated heterocycles. The van der Waals surface area contributed by atoms with Gasteiger partial charge in [-0.05, 0) is 48.2 Å². The molecule has 10 heteroatoms. The van der Waals surface area contributed by atoms with E-state index in [0.717, 1.165) is 42.6 Å². The third-order valence-electron chi connectivity index (χ3n) is 6.24. The number of aromatic nitrogens is 6. The molecule has 0 unspecified atom stereocenters. The number of amides is 2. The van der Waals surface area contributed by atoms with Crippen LogP contribution in [-0.4, -0.2) is 77.8 Å². The van der Waals surface area contributed by atoms with Crippen molar-refractivity contribution in [2.45, 2.75) is 38.6 Å². The third-order valence-corrected chi connectivity index (χ3v) is 6.24. The van der Waals surface area contributed by atoms with Crippen LogP contribution in [0, 0.1) is 0 Å². The van der Waals surface area contributed by atoms with E-state index in [9.17, 15) is 9.59 Å². The third kappa shape index (κ3) is 4.00. The number of benzene rings is 1. The highest BCUT2D eigenvalue weighted by atomic mass is 16.2. The zero-order valence-electron chi connectivity index (χ0n) is 17.9. The molecule has 0 spiro atoms. The summed E-state index contributed by atoms with van der Waals surface area (Å²) in [5, 5.41) is 15.7. The summed E-state index contributed by atoms with van der Waals surface area (Å²) in [6.07, 6.45) is 6.59. The maximum absolute atomic E-state index is 13.5. The zero-order chi connectivity index (χ0) is 21.9. The number of hydrogen-bond donors (Lipinski definition) is 0. The normalized spacial score (nSPS) is 16.5. The van der Waals surface area contributed by atoms with Crippen LogP contribution < -0.4 is 0 Å². The standard InChI is InChI=1S/C22H26N8O2/c31-20(15-29-16-23-25-26-29)27-11-13-28(14-12-27)22(32)21-18-9-5-2-6-10-19(18)30(24-21)17-7-3-1-4-8-17/h1,3-4,7-8,16H,2,5-6,9-15H2. The minimum atomic E-state index is -0.0494. The molecule has 0 N–H and O–H groups in total. The number of fused-ring (bicyclic) bond motifs is 1. The number of tetrazole rings is 1. The molecule has 2 aliphatic rings. The Morgan fingerprint density at radius 2 is 1.66 bits per heavy atom. The van der Waals surface area contributed by atoms with Crippen LogP contribution in [0.2, 0.25) is 0 Å². The lowest BCUT2D eigenvalue weighted by atomic mass is 10.1. The lowest BCUT2D eigenvalue weighted by molar-refractivity contribution is -0.133. The van der Waals surface area contributed by atoms with Gasteiger partial charge in [-0.15, -0.1) is 5.10 Å². The van der Waals surface area contributed by atoms with Crippen LogP contribution in [0.15, 0.2) is 36.7 Å². The monoisotopic (exact) mass is 434 g/mol. The molecule has 2 aromatic heterocycles. The van der Waals surface area contributed by atoms with E-state index in [4.69, 9.17) is 5.10 Å². The van der Waals surface area contributed by atoms with E-state index < -0.39 is 0 Å². The number of piperazine rings is 1. The predicted molar refractivity (Wildman–Crippen MR) is 115 cm³/mol. The molecule has 1 fully saturated rings. The number of carbonyl (C=O) groups excluding carboxylic acids is 2. The molecule has 3 aromatic rings. The van der Waals surface area contributed by atoms with E-state index in [1.807, 2.05) is 39.9 Å². The molecular formula is C22H26N8O2. The van der Waals surface area contributed by atoms with Crippen molar-refractivity contribution in [1.82, 2.24) is 39.8 Å². The van der Waals surface area contributed by atoms with Crippen LogP contribution in [0.25, 0.3) is 5.69 Å². The van der Waals surface area contributed by atoms with Crippen LogP contribution in [0.4, 0.5) is 0 Å². The maximum atomic E-state index is 13.5. The summed E-state index contributed by atoms with van der Waals surface area (Å²) >= 11 is 0. The van der Waals surface area contributed by atoms with Crippen molar-refractivity contribution < 1.29 is 9.59 Å². The summed E-state index contributed by atoms with van der Waals surface area (Å²) in [5.74, 6) is -0.0861. The van der Waals surface area contributed by atoms with E-state index in [2.05, 4.69) is 15.5 Å². The van der Waals surface area contributed by atoms with E-state index in [0.29, 0.717) is 31.9 Å². The Balaban J connectivity index is 1.33. The molecule has 0 atom stereocenters. The van der Waals surface area contributed by atoms with Crippen LogP contribution in [0.5, 0.6) is 0 Å². The smallest absolute Gasteiger partial charge is 0.274 e. The van der Waals surface area contributed by atoms with Gasteiger partial charge in [0.1, 0.15) is 12.9 Å². The molecule has 1 aromatic carbocycles. The molecule has 1 aliphatic carbocycles. The van der Waals surface area contributed by atoms with Gasteiger partial charge in [0.25, 0.3) is 5.91 Å². The van der Waals surface area contributed by atoms with Crippen LogP contribution in [0.3, 0.4) is 0 Å². The Morgan fingerprint density at radius 3 is 2.41 bits per heavy atom. The van der Waals surface area contributed by atoms with Gasteiger partial charge in [-0.1, -0.05) is 24.6 Å². The van der Waals surface area contributed by atoms with Crippen molar-refractivity contribution in [2.75, 3.05) is 26.2 Å². The fourth-order valence-corrected chi connectivity index (χ4v) is 4.53. The Kier molecular flexibility index (Phi) is 5.66. The quantitative estimate of drug-likeness (QED) is 0.570. The number of rotatable bonds is 4. The van der Waals surface area contributed by atoms with Gasteiger partial charge < -0.3 is 9.80 Å². The largest absolute Gasteiger partial charge is 0.338 e. The molecule has 10 nitrogen and oxygen atoms in total. The van der Waals surface area contributed by atoms with Gasteiger partial charge in [0.15, 0.2) is 5.69 Å². The molecular weight excluding hydrogens is 408 g/mol. The maximum Gasteiger partial charge on any atom is 0.274 e. The predicted octanol–water partition coefficient (Wildman–Crippen LogP) is 1.11.